The van der Waals surface area contributed by atoms with Gasteiger partial charge in [0.2, 0.25) is 0 Å². The number of esters is 1. The van der Waals surface area contributed by atoms with Crippen LogP contribution in [-0.2, 0) is 9.53 Å². The Bertz CT molecular complexity index is 1160. The van der Waals surface area contributed by atoms with Crippen LogP contribution in [-0.4, -0.2) is 28.2 Å². The minimum Gasteiger partial charge on any atom is -0.505 e. The van der Waals surface area contributed by atoms with Gasteiger partial charge >= 0.3 is 5.97 Å². The van der Waals surface area contributed by atoms with E-state index in [9.17, 15) is 19.1 Å². The van der Waals surface area contributed by atoms with Gasteiger partial charge in [-0.05, 0) is 56.2 Å². The van der Waals surface area contributed by atoms with Crippen molar-refractivity contribution in [3.8, 4) is 5.75 Å². The second-order valence-corrected chi connectivity index (χ2v) is 7.76. The molecule has 2 aromatic carbocycles. The molecular weight excluding hydrogens is 432 g/mol. The van der Waals surface area contributed by atoms with Crippen LogP contribution in [0.4, 0.5) is 4.39 Å². The molecule has 0 saturated heterocycles. The summed E-state index contributed by atoms with van der Waals surface area (Å²) in [5.41, 5.74) is 1.12. The average molecular weight is 452 g/mol. The first-order valence-electron chi connectivity index (χ1n) is 9.37. The van der Waals surface area contributed by atoms with Gasteiger partial charge in [-0.1, -0.05) is 30.1 Å². The Morgan fingerprint density at radius 2 is 1.90 bits per heavy atom. The number of phenols is 1. The average Bonchev–Trinajstić information content (AvgIpc) is 3.02. The number of ether oxygens (including phenoxy) is 1. The molecule has 30 heavy (non-hydrogen) atoms. The van der Waals surface area contributed by atoms with Gasteiger partial charge in [0.25, 0.3) is 5.91 Å². The highest BCUT2D eigenvalue weighted by molar-refractivity contribution is 6.42. The Labute approximate surface area is 183 Å². The lowest BCUT2D eigenvalue weighted by Crippen LogP contribution is -2.17. The van der Waals surface area contributed by atoms with Gasteiger partial charge in [0, 0.05) is 16.6 Å². The highest BCUT2D eigenvalue weighted by atomic mass is 35.5. The van der Waals surface area contributed by atoms with Crippen molar-refractivity contribution in [2.75, 3.05) is 6.61 Å². The van der Waals surface area contributed by atoms with Gasteiger partial charge in [0.1, 0.15) is 0 Å². The molecule has 1 atom stereocenters. The molecular formula is C22H20Cl2FNO4. The molecule has 0 bridgehead atoms. The zero-order valence-corrected chi connectivity index (χ0v) is 18.1. The SMILES string of the molecule is CCCOC(=O)[C@H](C)c1c(C)n(C(=O)c2ccc(Cl)c(Cl)c2)c2ccc(O)c(F)c12. The molecule has 0 aliphatic heterocycles. The van der Waals surface area contributed by atoms with Crippen molar-refractivity contribution < 1.29 is 23.8 Å². The van der Waals surface area contributed by atoms with E-state index in [-0.39, 0.29) is 33.7 Å². The molecule has 8 heteroatoms. The molecule has 0 unspecified atom stereocenters. The first kappa shape index (κ1) is 22.1. The highest BCUT2D eigenvalue weighted by Crippen LogP contribution is 2.38. The maximum atomic E-state index is 14.9. The fourth-order valence-electron chi connectivity index (χ4n) is 3.47. The van der Waals surface area contributed by atoms with Gasteiger partial charge in [-0.2, -0.15) is 0 Å². The highest BCUT2D eigenvalue weighted by Gasteiger charge is 2.30. The molecule has 1 aromatic heterocycles. The third-order valence-corrected chi connectivity index (χ3v) is 5.68. The van der Waals surface area contributed by atoms with Gasteiger partial charge < -0.3 is 9.84 Å². The topological polar surface area (TPSA) is 68.5 Å². The van der Waals surface area contributed by atoms with E-state index < -0.39 is 29.4 Å². The fraction of sp³-hybridized carbons (Fsp3) is 0.273. The quantitative estimate of drug-likeness (QED) is 0.494. The third kappa shape index (κ3) is 3.77. The first-order chi connectivity index (χ1) is 14.2. The van der Waals surface area contributed by atoms with E-state index in [1.807, 2.05) is 6.92 Å². The Balaban J connectivity index is 2.24. The molecule has 0 amide bonds. The first-order valence-corrected chi connectivity index (χ1v) is 10.1. The molecule has 0 radical (unpaired) electrons. The van der Waals surface area contributed by atoms with Crippen LogP contribution >= 0.6 is 23.2 Å². The third-order valence-electron chi connectivity index (χ3n) is 4.94. The normalized spacial score (nSPS) is 12.2. The number of carbonyl (C=O) groups excluding carboxylic acids is 2. The zero-order valence-electron chi connectivity index (χ0n) is 16.6. The van der Waals surface area contributed by atoms with E-state index in [4.69, 9.17) is 27.9 Å². The van der Waals surface area contributed by atoms with Gasteiger partial charge in [0.15, 0.2) is 11.6 Å². The van der Waals surface area contributed by atoms with Crippen molar-refractivity contribution in [2.24, 2.45) is 0 Å². The zero-order chi connectivity index (χ0) is 22.2. The maximum Gasteiger partial charge on any atom is 0.313 e. The van der Waals surface area contributed by atoms with Crippen molar-refractivity contribution in [1.82, 2.24) is 4.57 Å². The minimum absolute atomic E-state index is 0.00172. The molecule has 0 spiro atoms. The predicted octanol–water partition coefficient (Wildman–Crippen LogP) is 5.85. The second kappa shape index (κ2) is 8.66. The van der Waals surface area contributed by atoms with Gasteiger partial charge in [-0.25, -0.2) is 4.39 Å². The van der Waals surface area contributed by atoms with E-state index in [0.29, 0.717) is 17.1 Å². The molecule has 0 aliphatic rings. The summed E-state index contributed by atoms with van der Waals surface area (Å²) in [6, 6.07) is 7.03. The Kier molecular flexibility index (Phi) is 6.38. The summed E-state index contributed by atoms with van der Waals surface area (Å²) in [7, 11) is 0. The molecule has 0 saturated carbocycles. The number of aromatic hydroxyl groups is 1. The minimum atomic E-state index is -0.901. The predicted molar refractivity (Wildman–Crippen MR) is 114 cm³/mol. The number of phenolic OH excluding ortho intramolecular Hbond substituents is 1. The van der Waals surface area contributed by atoms with Gasteiger partial charge in [-0.15, -0.1) is 0 Å². The maximum absolute atomic E-state index is 14.9. The molecule has 3 rings (SSSR count). The van der Waals surface area contributed by atoms with Crippen molar-refractivity contribution in [1.29, 1.82) is 0 Å². The summed E-state index contributed by atoms with van der Waals surface area (Å²) in [6.07, 6.45) is 0.643. The monoisotopic (exact) mass is 451 g/mol. The van der Waals surface area contributed by atoms with Crippen molar-refractivity contribution in [3.63, 3.8) is 0 Å². The molecule has 5 nitrogen and oxygen atoms in total. The van der Waals surface area contributed by atoms with E-state index >= 15 is 0 Å². The number of hydrogen-bond acceptors (Lipinski definition) is 4. The summed E-state index contributed by atoms with van der Waals surface area (Å²) >= 11 is 12.0. The summed E-state index contributed by atoms with van der Waals surface area (Å²) in [5.74, 6) is -3.33. The van der Waals surface area contributed by atoms with Crippen LogP contribution in [0.2, 0.25) is 10.0 Å². The second-order valence-electron chi connectivity index (χ2n) is 6.95. The van der Waals surface area contributed by atoms with Crippen LogP contribution in [0.5, 0.6) is 5.75 Å². The number of carbonyl (C=O) groups is 2. The largest absolute Gasteiger partial charge is 0.505 e. The van der Waals surface area contributed by atoms with Crippen molar-refractivity contribution >= 4 is 46.0 Å². The standard InChI is InChI=1S/C22H20Cl2FNO4/c1-4-9-30-22(29)11(2)18-12(3)26(16-7-8-17(27)20(25)19(16)18)21(28)13-5-6-14(23)15(24)10-13/h5-8,10-11,27H,4,9H2,1-3H3/t11-/m1/s1. The summed E-state index contributed by atoms with van der Waals surface area (Å²) in [6.45, 7) is 5.29. The summed E-state index contributed by atoms with van der Waals surface area (Å²) in [5, 5.41) is 10.4. The van der Waals surface area contributed by atoms with Crippen LogP contribution < -0.4 is 0 Å². The Morgan fingerprint density at radius 3 is 2.53 bits per heavy atom. The number of fused-ring (bicyclic) bond motifs is 1. The molecule has 0 aliphatic carbocycles. The van der Waals surface area contributed by atoms with E-state index in [1.165, 1.54) is 34.9 Å². The molecule has 1 N–H and O–H groups in total. The van der Waals surface area contributed by atoms with Crippen molar-refractivity contribution in [3.05, 3.63) is 63.0 Å². The van der Waals surface area contributed by atoms with Crippen LogP contribution in [0.15, 0.2) is 30.3 Å². The number of rotatable bonds is 5. The molecule has 0 fully saturated rings. The van der Waals surface area contributed by atoms with E-state index in [0.717, 1.165) is 0 Å². The van der Waals surface area contributed by atoms with E-state index in [1.54, 1.807) is 13.8 Å². The lowest BCUT2D eigenvalue weighted by atomic mass is 9.97. The lowest BCUT2D eigenvalue weighted by Gasteiger charge is -2.13. The number of nitrogens with zero attached hydrogens (tertiary/aromatic N) is 1. The van der Waals surface area contributed by atoms with Crippen LogP contribution in [0.1, 0.15) is 47.8 Å². The molecule has 1 heterocycles. The Morgan fingerprint density at radius 1 is 1.20 bits per heavy atom. The number of benzene rings is 2. The molecule has 158 valence electrons. The number of aromatic nitrogens is 1. The van der Waals surface area contributed by atoms with Crippen molar-refractivity contribution in [2.45, 2.75) is 33.1 Å². The van der Waals surface area contributed by atoms with Crippen LogP contribution in [0.25, 0.3) is 10.9 Å². The van der Waals surface area contributed by atoms with Gasteiger partial charge in [-0.3, -0.25) is 14.2 Å². The number of hydrogen-bond donors (Lipinski definition) is 1. The van der Waals surface area contributed by atoms with E-state index in [2.05, 4.69) is 0 Å². The smallest absolute Gasteiger partial charge is 0.313 e. The van der Waals surface area contributed by atoms with Crippen LogP contribution in [0.3, 0.4) is 0 Å². The summed E-state index contributed by atoms with van der Waals surface area (Å²) < 4.78 is 21.5. The van der Waals surface area contributed by atoms with Crippen LogP contribution in [0, 0.1) is 12.7 Å². The fourth-order valence-corrected chi connectivity index (χ4v) is 3.77. The lowest BCUT2D eigenvalue weighted by molar-refractivity contribution is -0.145. The summed E-state index contributed by atoms with van der Waals surface area (Å²) in [4.78, 5) is 25.8. The Hall–Kier alpha value is -2.57. The number of halogens is 3. The van der Waals surface area contributed by atoms with Gasteiger partial charge in [0.05, 0.1) is 28.1 Å². The molecule has 3 aromatic rings.